The van der Waals surface area contributed by atoms with Crippen molar-refractivity contribution in [2.75, 3.05) is 0 Å². The smallest absolute Gasteiger partial charge is 0.267 e. The number of carbonyl (C=O) groups is 1. The molecule has 1 aliphatic heterocycles. The summed E-state index contributed by atoms with van der Waals surface area (Å²) in [6.07, 6.45) is 14.2. The van der Waals surface area contributed by atoms with Crippen LogP contribution in [0.3, 0.4) is 0 Å². The number of nitrogens with zero attached hydrogens (tertiary/aromatic N) is 3. The van der Waals surface area contributed by atoms with Gasteiger partial charge in [0.25, 0.3) is 5.91 Å². The van der Waals surface area contributed by atoms with Crippen LogP contribution in [0.15, 0.2) is 28.1 Å². The first-order valence-corrected chi connectivity index (χ1v) is 14.7. The molecule has 1 amide bonds. The van der Waals surface area contributed by atoms with E-state index in [0.29, 0.717) is 12.1 Å². The minimum atomic E-state index is 0.161. The third-order valence-corrected chi connectivity index (χ3v) is 9.26. The molecule has 1 aromatic carbocycles. The van der Waals surface area contributed by atoms with Gasteiger partial charge in [0.2, 0.25) is 0 Å². The summed E-state index contributed by atoms with van der Waals surface area (Å²) in [5, 5.41) is 0.962. The van der Waals surface area contributed by atoms with Gasteiger partial charge in [-0.05, 0) is 101 Å². The molecule has 3 fully saturated rings. The molecular weight excluding hydrogens is 462 g/mol. The number of hydrogen-bond acceptors (Lipinski definition) is 3. The first-order chi connectivity index (χ1) is 17.3. The van der Waals surface area contributed by atoms with E-state index in [1.54, 1.807) is 11.8 Å². The van der Waals surface area contributed by atoms with Crippen LogP contribution in [0.1, 0.15) is 97.8 Å². The third-order valence-electron chi connectivity index (χ3n) is 8.26. The molecule has 5 rings (SSSR count). The van der Waals surface area contributed by atoms with Crippen LogP contribution in [0.25, 0.3) is 11.8 Å². The zero-order chi connectivity index (χ0) is 25.4. The molecule has 0 atom stereocenters. The van der Waals surface area contributed by atoms with Crippen molar-refractivity contribution in [1.82, 2.24) is 9.47 Å². The number of hydrogen-bond donors (Lipinski definition) is 0. The number of carbonyl (C=O) groups excluding carboxylic acids is 1. The summed E-state index contributed by atoms with van der Waals surface area (Å²) in [6.45, 7) is 10.9. The molecule has 1 saturated heterocycles. The van der Waals surface area contributed by atoms with Crippen LogP contribution in [0, 0.1) is 34.6 Å². The van der Waals surface area contributed by atoms with E-state index in [2.05, 4.69) is 68.4 Å². The van der Waals surface area contributed by atoms with Crippen LogP contribution in [0.5, 0.6) is 0 Å². The lowest BCUT2D eigenvalue weighted by atomic mass is 9.94. The highest BCUT2D eigenvalue weighted by Crippen LogP contribution is 2.39. The quantitative estimate of drug-likeness (QED) is 0.397. The Morgan fingerprint density at radius 1 is 0.861 bits per heavy atom. The number of aromatic nitrogens is 1. The Hall–Kier alpha value is -2.27. The molecule has 2 heterocycles. The van der Waals surface area contributed by atoms with Crippen molar-refractivity contribution in [2.45, 2.75) is 111 Å². The minimum absolute atomic E-state index is 0.161. The van der Waals surface area contributed by atoms with Gasteiger partial charge in [-0.3, -0.25) is 14.7 Å². The largest absolute Gasteiger partial charge is 0.317 e. The average molecular weight is 504 g/mol. The maximum atomic E-state index is 13.8. The highest BCUT2D eigenvalue weighted by Gasteiger charge is 2.39. The highest BCUT2D eigenvalue weighted by atomic mass is 32.2. The molecule has 0 radical (unpaired) electrons. The van der Waals surface area contributed by atoms with Gasteiger partial charge in [-0.15, -0.1) is 0 Å². The molecule has 0 N–H and O–H groups in total. The lowest BCUT2D eigenvalue weighted by Gasteiger charge is -2.31. The fourth-order valence-electron chi connectivity index (χ4n) is 6.55. The second kappa shape index (κ2) is 10.6. The number of amidine groups is 1. The Balaban J connectivity index is 1.51. The second-order valence-corrected chi connectivity index (χ2v) is 12.2. The van der Waals surface area contributed by atoms with Gasteiger partial charge in [-0.25, -0.2) is 0 Å². The van der Waals surface area contributed by atoms with Crippen LogP contribution in [0.2, 0.25) is 0 Å². The van der Waals surface area contributed by atoms with Crippen molar-refractivity contribution in [3.05, 3.63) is 56.7 Å². The molecule has 192 valence electrons. The second-order valence-electron chi connectivity index (χ2n) is 11.2. The van der Waals surface area contributed by atoms with E-state index in [-0.39, 0.29) is 5.91 Å². The van der Waals surface area contributed by atoms with Crippen molar-refractivity contribution in [3.8, 4) is 5.69 Å². The van der Waals surface area contributed by atoms with Crippen molar-refractivity contribution >= 4 is 28.9 Å². The summed E-state index contributed by atoms with van der Waals surface area (Å²) in [7, 11) is 0. The fourth-order valence-corrected chi connectivity index (χ4v) is 7.65. The average Bonchev–Trinajstić information content (AvgIpc) is 3.30. The molecule has 0 unspecified atom stereocenters. The Kier molecular flexibility index (Phi) is 7.48. The van der Waals surface area contributed by atoms with Crippen molar-refractivity contribution in [2.24, 2.45) is 4.99 Å². The van der Waals surface area contributed by atoms with Crippen LogP contribution in [-0.2, 0) is 4.79 Å². The monoisotopic (exact) mass is 503 g/mol. The summed E-state index contributed by atoms with van der Waals surface area (Å²) in [5.41, 5.74) is 8.63. The van der Waals surface area contributed by atoms with E-state index in [4.69, 9.17) is 4.99 Å². The number of rotatable bonds is 4. The molecule has 2 aromatic rings. The lowest BCUT2D eigenvalue weighted by Crippen LogP contribution is -2.41. The highest BCUT2D eigenvalue weighted by molar-refractivity contribution is 8.18. The molecule has 0 spiro atoms. The topological polar surface area (TPSA) is 37.6 Å². The Morgan fingerprint density at radius 3 is 2.11 bits per heavy atom. The zero-order valence-corrected chi connectivity index (χ0v) is 23.5. The lowest BCUT2D eigenvalue weighted by molar-refractivity contribution is -0.124. The summed E-state index contributed by atoms with van der Waals surface area (Å²) < 4.78 is 2.36. The van der Waals surface area contributed by atoms with Gasteiger partial charge in [0.05, 0.1) is 16.6 Å². The molecule has 5 heteroatoms. The zero-order valence-electron chi connectivity index (χ0n) is 22.7. The number of amides is 1. The maximum absolute atomic E-state index is 13.8. The molecule has 0 bridgehead atoms. The number of thioether (sulfide) groups is 1. The molecular formula is C31H41N3OS. The fraction of sp³-hybridized carbons (Fsp3) is 0.548. The predicted octanol–water partition coefficient (Wildman–Crippen LogP) is 7.96. The van der Waals surface area contributed by atoms with Crippen LogP contribution in [-0.4, -0.2) is 32.6 Å². The number of aliphatic imine (C=N–C) groups is 1. The van der Waals surface area contributed by atoms with E-state index in [9.17, 15) is 4.79 Å². The van der Waals surface area contributed by atoms with Gasteiger partial charge >= 0.3 is 0 Å². The van der Waals surface area contributed by atoms with Crippen molar-refractivity contribution in [3.63, 3.8) is 0 Å². The summed E-state index contributed by atoms with van der Waals surface area (Å²) in [6, 6.07) is 7.42. The normalized spacial score (nSPS) is 22.4. The standard InChI is InChI=1S/C31H41N3OS/c1-20-16-21(2)29(22(3)17-20)33-23(4)18-25(24(33)5)19-28-30(35)34(27-14-10-7-11-15-27)31(36-28)32-26-12-8-6-9-13-26/h16-19,26-27H,6-15H2,1-5H3. The van der Waals surface area contributed by atoms with E-state index in [0.717, 1.165) is 41.3 Å². The Bertz CT molecular complexity index is 1190. The first-order valence-electron chi connectivity index (χ1n) is 13.9. The Morgan fingerprint density at radius 2 is 1.47 bits per heavy atom. The van der Waals surface area contributed by atoms with E-state index >= 15 is 0 Å². The van der Waals surface area contributed by atoms with Gasteiger partial charge in [0.15, 0.2) is 5.17 Å². The molecule has 3 aliphatic rings. The van der Waals surface area contributed by atoms with Gasteiger partial charge in [-0.2, -0.15) is 0 Å². The third kappa shape index (κ3) is 4.96. The van der Waals surface area contributed by atoms with E-state index in [1.165, 1.54) is 72.3 Å². The van der Waals surface area contributed by atoms with Crippen LogP contribution < -0.4 is 0 Å². The minimum Gasteiger partial charge on any atom is -0.317 e. The van der Waals surface area contributed by atoms with Gasteiger partial charge in [-0.1, -0.05) is 56.2 Å². The summed E-state index contributed by atoms with van der Waals surface area (Å²) >= 11 is 1.62. The SMILES string of the molecule is Cc1cc(C)c(-n2c(C)cc(C=C3SC(=NC4CCCCC4)N(C4CCCCC4)C3=O)c2C)c(C)c1. The maximum Gasteiger partial charge on any atom is 0.267 e. The predicted molar refractivity (Wildman–Crippen MR) is 153 cm³/mol. The first kappa shape index (κ1) is 25.4. The molecule has 36 heavy (non-hydrogen) atoms. The van der Waals surface area contributed by atoms with E-state index < -0.39 is 0 Å². The molecule has 2 saturated carbocycles. The Labute approximate surface area is 221 Å². The van der Waals surface area contributed by atoms with Crippen molar-refractivity contribution < 1.29 is 4.79 Å². The van der Waals surface area contributed by atoms with Crippen molar-refractivity contribution in [1.29, 1.82) is 0 Å². The van der Waals surface area contributed by atoms with Crippen LogP contribution >= 0.6 is 11.8 Å². The molecule has 4 nitrogen and oxygen atoms in total. The number of benzene rings is 1. The van der Waals surface area contributed by atoms with Crippen LogP contribution in [0.4, 0.5) is 0 Å². The van der Waals surface area contributed by atoms with Gasteiger partial charge in [0.1, 0.15) is 0 Å². The van der Waals surface area contributed by atoms with E-state index in [1.807, 2.05) is 0 Å². The summed E-state index contributed by atoms with van der Waals surface area (Å²) in [4.78, 5) is 21.9. The number of aryl methyl sites for hydroxylation is 4. The molecule has 2 aliphatic carbocycles. The van der Waals surface area contributed by atoms with Gasteiger partial charge < -0.3 is 4.57 Å². The summed E-state index contributed by atoms with van der Waals surface area (Å²) in [5.74, 6) is 0.161. The van der Waals surface area contributed by atoms with Gasteiger partial charge in [0, 0.05) is 17.4 Å². The molecule has 1 aromatic heterocycles.